The summed E-state index contributed by atoms with van der Waals surface area (Å²) in [5.74, 6) is 1.69. The molecular weight excluding hydrogens is 344 g/mol. The van der Waals surface area contributed by atoms with Gasteiger partial charge in [-0.2, -0.15) is 9.61 Å². The Bertz CT molecular complexity index is 928. The standard InChI is InChI=1S/C15H18N6OS2/c1-2-12-19-21-13(22)8-10(16-14(21)24-12)9-23-15-18-17-11-6-4-3-5-7-20(11)15/h8H,2-7,9H2,1H3. The van der Waals surface area contributed by atoms with Gasteiger partial charge < -0.3 is 4.57 Å². The number of thioether (sulfide) groups is 1. The van der Waals surface area contributed by atoms with Crippen LogP contribution in [0.25, 0.3) is 4.96 Å². The van der Waals surface area contributed by atoms with E-state index in [1.165, 1.54) is 35.1 Å². The minimum absolute atomic E-state index is 0.119. The molecule has 9 heteroatoms. The fourth-order valence-electron chi connectivity index (χ4n) is 2.82. The topological polar surface area (TPSA) is 78.0 Å². The van der Waals surface area contributed by atoms with Crippen molar-refractivity contribution in [3.8, 4) is 0 Å². The van der Waals surface area contributed by atoms with Gasteiger partial charge in [-0.25, -0.2) is 4.98 Å². The van der Waals surface area contributed by atoms with E-state index in [1.807, 2.05) is 6.92 Å². The molecule has 0 amide bonds. The number of rotatable bonds is 4. The Kier molecular flexibility index (Phi) is 4.36. The maximum absolute atomic E-state index is 12.2. The zero-order valence-electron chi connectivity index (χ0n) is 13.4. The van der Waals surface area contributed by atoms with Crippen molar-refractivity contribution in [1.82, 2.24) is 29.4 Å². The van der Waals surface area contributed by atoms with Crippen molar-refractivity contribution in [3.05, 3.63) is 32.9 Å². The predicted octanol–water partition coefficient (Wildman–Crippen LogP) is 2.32. The van der Waals surface area contributed by atoms with Crippen molar-refractivity contribution in [3.63, 3.8) is 0 Å². The molecule has 0 aromatic carbocycles. The maximum atomic E-state index is 12.2. The smallest absolute Gasteiger partial charge is 0.275 e. The number of aromatic nitrogens is 6. The lowest BCUT2D eigenvalue weighted by atomic mass is 10.2. The fraction of sp³-hybridized carbons (Fsp3) is 0.533. The van der Waals surface area contributed by atoms with Crippen LogP contribution in [-0.4, -0.2) is 29.4 Å². The first-order valence-corrected chi connectivity index (χ1v) is 9.98. The highest BCUT2D eigenvalue weighted by atomic mass is 32.2. The van der Waals surface area contributed by atoms with Crippen LogP contribution in [0.5, 0.6) is 0 Å². The highest BCUT2D eigenvalue weighted by Crippen LogP contribution is 2.24. The lowest BCUT2D eigenvalue weighted by Gasteiger charge is -2.06. The molecule has 1 aliphatic rings. The molecule has 0 saturated carbocycles. The van der Waals surface area contributed by atoms with E-state index in [9.17, 15) is 4.79 Å². The number of hydrogen-bond donors (Lipinski definition) is 0. The monoisotopic (exact) mass is 362 g/mol. The van der Waals surface area contributed by atoms with E-state index in [0.29, 0.717) is 10.7 Å². The van der Waals surface area contributed by atoms with Gasteiger partial charge in [-0.1, -0.05) is 36.4 Å². The second-order valence-corrected chi connectivity index (χ2v) is 7.76. The second kappa shape index (κ2) is 6.64. The van der Waals surface area contributed by atoms with E-state index >= 15 is 0 Å². The summed E-state index contributed by atoms with van der Waals surface area (Å²) in [7, 11) is 0. The molecule has 0 radical (unpaired) electrons. The van der Waals surface area contributed by atoms with Crippen LogP contribution < -0.4 is 5.56 Å². The third-order valence-corrected chi connectivity index (χ3v) is 6.12. The summed E-state index contributed by atoms with van der Waals surface area (Å²) >= 11 is 3.07. The molecule has 0 aliphatic carbocycles. The zero-order chi connectivity index (χ0) is 16.5. The number of fused-ring (bicyclic) bond motifs is 2. The van der Waals surface area contributed by atoms with Crippen LogP contribution in [0.2, 0.25) is 0 Å². The first-order chi connectivity index (χ1) is 11.7. The highest BCUT2D eigenvalue weighted by Gasteiger charge is 2.16. The molecule has 0 atom stereocenters. The van der Waals surface area contributed by atoms with E-state index in [-0.39, 0.29) is 5.56 Å². The summed E-state index contributed by atoms with van der Waals surface area (Å²) in [6.07, 6.45) is 5.41. The van der Waals surface area contributed by atoms with Crippen LogP contribution in [-0.2, 0) is 25.1 Å². The lowest BCUT2D eigenvalue weighted by Crippen LogP contribution is -2.15. The van der Waals surface area contributed by atoms with Gasteiger partial charge in [0.15, 0.2) is 5.16 Å². The van der Waals surface area contributed by atoms with Crippen LogP contribution in [0.4, 0.5) is 0 Å². The van der Waals surface area contributed by atoms with E-state index < -0.39 is 0 Å². The van der Waals surface area contributed by atoms with Gasteiger partial charge in [0.2, 0.25) is 4.96 Å². The van der Waals surface area contributed by atoms with Crippen LogP contribution in [0.15, 0.2) is 16.0 Å². The van der Waals surface area contributed by atoms with Gasteiger partial charge in [0, 0.05) is 24.8 Å². The van der Waals surface area contributed by atoms with Crippen molar-refractivity contribution in [2.45, 2.75) is 56.5 Å². The minimum Gasteiger partial charge on any atom is -0.306 e. The second-order valence-electron chi connectivity index (χ2n) is 5.78. The van der Waals surface area contributed by atoms with Gasteiger partial charge in [-0.05, 0) is 19.3 Å². The van der Waals surface area contributed by atoms with Gasteiger partial charge in [-0.15, -0.1) is 10.2 Å². The van der Waals surface area contributed by atoms with Gasteiger partial charge in [-0.3, -0.25) is 4.79 Å². The van der Waals surface area contributed by atoms with Crippen LogP contribution >= 0.6 is 23.1 Å². The van der Waals surface area contributed by atoms with E-state index in [4.69, 9.17) is 0 Å². The molecule has 0 N–H and O–H groups in total. The summed E-state index contributed by atoms with van der Waals surface area (Å²) in [5.41, 5.74) is 0.647. The summed E-state index contributed by atoms with van der Waals surface area (Å²) in [4.78, 5) is 17.4. The molecule has 126 valence electrons. The largest absolute Gasteiger partial charge is 0.306 e. The van der Waals surface area contributed by atoms with Crippen molar-refractivity contribution in [1.29, 1.82) is 0 Å². The normalized spacial score (nSPS) is 14.7. The maximum Gasteiger partial charge on any atom is 0.275 e. The van der Waals surface area contributed by atoms with Crippen LogP contribution in [0, 0.1) is 0 Å². The van der Waals surface area contributed by atoms with Crippen molar-refractivity contribution in [2.75, 3.05) is 0 Å². The number of aryl methyl sites for hydroxylation is 2. The third kappa shape index (κ3) is 2.98. The Balaban J connectivity index is 1.57. The molecule has 0 bridgehead atoms. The Labute approximate surface area is 147 Å². The first kappa shape index (κ1) is 15.8. The summed E-state index contributed by atoms with van der Waals surface area (Å²) < 4.78 is 3.60. The number of hydrogen-bond acceptors (Lipinski definition) is 7. The Morgan fingerprint density at radius 2 is 2.21 bits per heavy atom. The SMILES string of the molecule is CCc1nn2c(=O)cc(CSc3nnc4n3CCCCC4)nc2s1. The summed E-state index contributed by atoms with van der Waals surface area (Å²) in [5, 5.41) is 14.7. The van der Waals surface area contributed by atoms with Gasteiger partial charge in [0.1, 0.15) is 10.8 Å². The van der Waals surface area contributed by atoms with Crippen molar-refractivity contribution >= 4 is 28.1 Å². The quantitative estimate of drug-likeness (QED) is 0.663. The average Bonchev–Trinajstić information content (AvgIpc) is 3.10. The molecule has 7 nitrogen and oxygen atoms in total. The Morgan fingerprint density at radius 3 is 3.08 bits per heavy atom. The van der Waals surface area contributed by atoms with Crippen LogP contribution in [0.1, 0.15) is 42.7 Å². The molecule has 0 fully saturated rings. The minimum atomic E-state index is -0.119. The highest BCUT2D eigenvalue weighted by molar-refractivity contribution is 7.98. The average molecular weight is 362 g/mol. The molecule has 1 aliphatic heterocycles. The van der Waals surface area contributed by atoms with Crippen LogP contribution in [0.3, 0.4) is 0 Å². The molecule has 3 aromatic rings. The van der Waals surface area contributed by atoms with E-state index in [1.54, 1.807) is 17.8 Å². The molecule has 0 saturated heterocycles. The van der Waals surface area contributed by atoms with E-state index in [0.717, 1.165) is 41.1 Å². The summed E-state index contributed by atoms with van der Waals surface area (Å²) in [6, 6.07) is 1.57. The third-order valence-electron chi connectivity index (χ3n) is 4.07. The molecule has 24 heavy (non-hydrogen) atoms. The van der Waals surface area contributed by atoms with Gasteiger partial charge in [0.25, 0.3) is 5.56 Å². The first-order valence-electron chi connectivity index (χ1n) is 8.18. The van der Waals surface area contributed by atoms with E-state index in [2.05, 4.69) is 24.8 Å². The molecular formula is C15H18N6OS2. The predicted molar refractivity (Wildman–Crippen MR) is 93.7 cm³/mol. The summed E-state index contributed by atoms with van der Waals surface area (Å²) in [6.45, 7) is 3.00. The van der Waals surface area contributed by atoms with Crippen molar-refractivity contribution < 1.29 is 0 Å². The molecule has 3 aromatic heterocycles. The Hall–Kier alpha value is -1.74. The molecule has 4 rings (SSSR count). The molecule has 4 heterocycles. The van der Waals surface area contributed by atoms with Gasteiger partial charge in [0.05, 0.1) is 5.69 Å². The van der Waals surface area contributed by atoms with Crippen molar-refractivity contribution in [2.24, 2.45) is 0 Å². The fourth-order valence-corrected chi connectivity index (χ4v) is 4.55. The molecule has 0 spiro atoms. The Morgan fingerprint density at radius 1 is 1.29 bits per heavy atom. The zero-order valence-corrected chi connectivity index (χ0v) is 15.1. The lowest BCUT2D eigenvalue weighted by molar-refractivity contribution is 0.591. The molecule has 0 unspecified atom stereocenters. The number of nitrogens with zero attached hydrogens (tertiary/aromatic N) is 6. The van der Waals surface area contributed by atoms with Gasteiger partial charge >= 0.3 is 0 Å².